The van der Waals surface area contributed by atoms with Crippen molar-refractivity contribution in [2.24, 2.45) is 0 Å². The van der Waals surface area contributed by atoms with Crippen LogP contribution in [0.4, 0.5) is 0 Å². The second-order valence-corrected chi connectivity index (χ2v) is 4.31. The molecule has 19 heavy (non-hydrogen) atoms. The molecule has 0 amide bonds. The average molecular weight is 254 g/mol. The Labute approximate surface area is 111 Å². The normalized spacial score (nSPS) is 10.8. The van der Waals surface area contributed by atoms with Crippen LogP contribution in [0.15, 0.2) is 42.5 Å². The third kappa shape index (κ3) is 3.22. The van der Waals surface area contributed by atoms with Crippen LogP contribution in [0.2, 0.25) is 0 Å². The molecule has 0 aliphatic rings. The minimum atomic E-state index is -0.926. The molecule has 0 spiro atoms. The summed E-state index contributed by atoms with van der Waals surface area (Å²) < 4.78 is 0. The SMILES string of the molecule is Cc1cc(C=Cc2ccc(C(=O)O)cc2)ccc1O. The van der Waals surface area contributed by atoms with E-state index in [0.29, 0.717) is 0 Å². The topological polar surface area (TPSA) is 57.5 Å². The Morgan fingerprint density at radius 2 is 1.58 bits per heavy atom. The van der Waals surface area contributed by atoms with E-state index in [2.05, 4.69) is 0 Å². The molecule has 0 unspecified atom stereocenters. The predicted molar refractivity (Wildman–Crippen MR) is 75.2 cm³/mol. The van der Waals surface area contributed by atoms with Crippen molar-refractivity contribution >= 4 is 18.1 Å². The highest BCUT2D eigenvalue weighted by Crippen LogP contribution is 2.18. The number of carbonyl (C=O) groups is 1. The van der Waals surface area contributed by atoms with Gasteiger partial charge >= 0.3 is 5.97 Å². The maximum atomic E-state index is 10.7. The molecule has 0 aliphatic heterocycles. The van der Waals surface area contributed by atoms with E-state index in [0.717, 1.165) is 16.7 Å². The zero-order valence-corrected chi connectivity index (χ0v) is 10.5. The van der Waals surface area contributed by atoms with Crippen LogP contribution in [0.3, 0.4) is 0 Å². The lowest BCUT2D eigenvalue weighted by atomic mass is 10.1. The molecule has 2 aromatic rings. The van der Waals surface area contributed by atoms with Gasteiger partial charge in [0.25, 0.3) is 0 Å². The van der Waals surface area contributed by atoms with Crippen LogP contribution in [0.5, 0.6) is 5.75 Å². The van der Waals surface area contributed by atoms with E-state index >= 15 is 0 Å². The molecule has 0 saturated carbocycles. The van der Waals surface area contributed by atoms with Crippen molar-refractivity contribution in [1.29, 1.82) is 0 Å². The lowest BCUT2D eigenvalue weighted by Crippen LogP contribution is -1.94. The van der Waals surface area contributed by atoms with Crippen molar-refractivity contribution < 1.29 is 15.0 Å². The van der Waals surface area contributed by atoms with Gasteiger partial charge in [0, 0.05) is 0 Å². The van der Waals surface area contributed by atoms with Gasteiger partial charge in [0.15, 0.2) is 0 Å². The van der Waals surface area contributed by atoms with Crippen molar-refractivity contribution in [3.8, 4) is 5.75 Å². The van der Waals surface area contributed by atoms with Gasteiger partial charge in [-0.05, 0) is 47.9 Å². The monoisotopic (exact) mass is 254 g/mol. The van der Waals surface area contributed by atoms with Gasteiger partial charge in [-0.2, -0.15) is 0 Å². The number of carboxylic acid groups (broad SMARTS) is 1. The summed E-state index contributed by atoms with van der Waals surface area (Å²) in [5.41, 5.74) is 3.01. The Bertz CT molecular complexity index is 625. The molecule has 3 heteroatoms. The highest BCUT2D eigenvalue weighted by Gasteiger charge is 2.00. The molecule has 0 fully saturated rings. The molecule has 3 nitrogen and oxygen atoms in total. The van der Waals surface area contributed by atoms with Gasteiger partial charge in [0.2, 0.25) is 0 Å². The lowest BCUT2D eigenvalue weighted by Gasteiger charge is -2.00. The summed E-state index contributed by atoms with van der Waals surface area (Å²) in [7, 11) is 0. The van der Waals surface area contributed by atoms with Crippen LogP contribution in [-0.4, -0.2) is 16.2 Å². The van der Waals surface area contributed by atoms with Crippen LogP contribution in [0.1, 0.15) is 27.0 Å². The molecule has 0 aromatic heterocycles. The summed E-state index contributed by atoms with van der Waals surface area (Å²) in [5, 5.41) is 18.2. The summed E-state index contributed by atoms with van der Waals surface area (Å²) in [6.07, 6.45) is 3.82. The van der Waals surface area contributed by atoms with Crippen molar-refractivity contribution in [2.75, 3.05) is 0 Å². The number of carboxylic acids is 1. The third-order valence-electron chi connectivity index (χ3n) is 2.85. The summed E-state index contributed by atoms with van der Waals surface area (Å²) in [5.74, 6) is -0.646. The molecule has 0 atom stereocenters. The largest absolute Gasteiger partial charge is 0.508 e. The minimum Gasteiger partial charge on any atom is -0.508 e. The van der Waals surface area contributed by atoms with Gasteiger partial charge in [-0.1, -0.05) is 30.4 Å². The first-order valence-electron chi connectivity index (χ1n) is 5.87. The van der Waals surface area contributed by atoms with Gasteiger partial charge in [0.05, 0.1) is 5.56 Å². The van der Waals surface area contributed by atoms with E-state index in [1.54, 1.807) is 30.3 Å². The Morgan fingerprint density at radius 1 is 1.00 bits per heavy atom. The Kier molecular flexibility index (Phi) is 3.66. The zero-order chi connectivity index (χ0) is 13.8. The summed E-state index contributed by atoms with van der Waals surface area (Å²) in [4.78, 5) is 10.7. The van der Waals surface area contributed by atoms with Crippen molar-refractivity contribution in [3.63, 3.8) is 0 Å². The number of aryl methyl sites for hydroxylation is 1. The first-order valence-corrected chi connectivity index (χ1v) is 5.87. The number of phenolic OH excluding ortho intramolecular Hbond substituents is 1. The predicted octanol–water partition coefficient (Wildman–Crippen LogP) is 3.57. The number of benzene rings is 2. The number of hydrogen-bond donors (Lipinski definition) is 2. The summed E-state index contributed by atoms with van der Waals surface area (Å²) in [6, 6.07) is 12.0. The second kappa shape index (κ2) is 5.40. The van der Waals surface area contributed by atoms with Crippen molar-refractivity contribution in [1.82, 2.24) is 0 Å². The Morgan fingerprint density at radius 3 is 2.16 bits per heavy atom. The molecule has 0 aliphatic carbocycles. The highest BCUT2D eigenvalue weighted by molar-refractivity contribution is 5.88. The number of rotatable bonds is 3. The number of phenols is 1. The second-order valence-electron chi connectivity index (χ2n) is 4.31. The third-order valence-corrected chi connectivity index (χ3v) is 2.85. The van der Waals surface area contributed by atoms with Crippen LogP contribution in [0, 0.1) is 6.92 Å². The molecule has 0 heterocycles. The van der Waals surface area contributed by atoms with Gasteiger partial charge in [-0.3, -0.25) is 0 Å². The first kappa shape index (κ1) is 12.9. The Hall–Kier alpha value is -2.55. The van der Waals surface area contributed by atoms with Crippen LogP contribution >= 0.6 is 0 Å². The van der Waals surface area contributed by atoms with E-state index in [1.165, 1.54) is 0 Å². The van der Waals surface area contributed by atoms with Crippen LogP contribution in [-0.2, 0) is 0 Å². The lowest BCUT2D eigenvalue weighted by molar-refractivity contribution is 0.0697. The number of hydrogen-bond acceptors (Lipinski definition) is 2. The fourth-order valence-corrected chi connectivity index (χ4v) is 1.71. The maximum Gasteiger partial charge on any atom is 0.335 e. The molecule has 2 rings (SSSR count). The average Bonchev–Trinajstić information content (AvgIpc) is 2.40. The highest BCUT2D eigenvalue weighted by atomic mass is 16.4. The molecule has 2 aromatic carbocycles. The molecule has 0 saturated heterocycles. The van der Waals surface area contributed by atoms with Gasteiger partial charge < -0.3 is 10.2 Å². The fourth-order valence-electron chi connectivity index (χ4n) is 1.71. The van der Waals surface area contributed by atoms with Crippen LogP contribution in [0.25, 0.3) is 12.2 Å². The standard InChI is InChI=1S/C16H14O3/c1-11-10-13(6-9-15(11)17)3-2-12-4-7-14(8-5-12)16(18)19/h2-10,17H,1H3,(H,18,19). The fraction of sp³-hybridized carbons (Fsp3) is 0.0625. The molecular weight excluding hydrogens is 240 g/mol. The van der Waals surface area contributed by atoms with E-state index in [9.17, 15) is 9.90 Å². The molecule has 96 valence electrons. The zero-order valence-electron chi connectivity index (χ0n) is 10.5. The van der Waals surface area contributed by atoms with Gasteiger partial charge in [0.1, 0.15) is 5.75 Å². The van der Waals surface area contributed by atoms with E-state index in [-0.39, 0.29) is 11.3 Å². The molecule has 2 N–H and O–H groups in total. The van der Waals surface area contributed by atoms with Crippen molar-refractivity contribution in [3.05, 3.63) is 64.7 Å². The quantitative estimate of drug-likeness (QED) is 0.823. The first-order chi connectivity index (χ1) is 9.06. The minimum absolute atomic E-state index is 0.276. The van der Waals surface area contributed by atoms with E-state index in [1.807, 2.05) is 31.2 Å². The summed E-state index contributed by atoms with van der Waals surface area (Å²) >= 11 is 0. The number of aromatic carboxylic acids is 1. The van der Waals surface area contributed by atoms with Gasteiger partial charge in [-0.15, -0.1) is 0 Å². The Balaban J connectivity index is 2.17. The molecule has 0 bridgehead atoms. The van der Waals surface area contributed by atoms with Crippen molar-refractivity contribution in [2.45, 2.75) is 6.92 Å². The molecule has 0 radical (unpaired) electrons. The smallest absolute Gasteiger partial charge is 0.335 e. The van der Waals surface area contributed by atoms with E-state index < -0.39 is 5.97 Å². The van der Waals surface area contributed by atoms with E-state index in [4.69, 9.17) is 5.11 Å². The maximum absolute atomic E-state index is 10.7. The van der Waals surface area contributed by atoms with Crippen LogP contribution < -0.4 is 0 Å². The van der Waals surface area contributed by atoms with Gasteiger partial charge in [-0.25, -0.2) is 4.79 Å². The number of aromatic hydroxyl groups is 1. The summed E-state index contributed by atoms with van der Waals surface area (Å²) in [6.45, 7) is 1.84. The molecular formula is C16H14O3.